The molecule has 1 aromatic carbocycles. The minimum atomic E-state index is -3.08. The average molecular weight is 271 g/mol. The minimum Gasteiger partial charge on any atom is -0.397 e. The third-order valence-corrected chi connectivity index (χ3v) is 3.40. The van der Waals surface area contributed by atoms with E-state index in [2.05, 4.69) is 5.32 Å². The number of sulfone groups is 1. The fraction of sp³-hybridized carbons (Fsp3) is 0.364. The molecule has 5 N–H and O–H groups in total. The molecule has 0 aliphatic rings. The number of benzene rings is 1. The van der Waals surface area contributed by atoms with Crippen LogP contribution in [0.2, 0.25) is 0 Å². The Morgan fingerprint density at radius 2 is 2.06 bits per heavy atom. The van der Waals surface area contributed by atoms with Crippen LogP contribution in [-0.4, -0.2) is 32.4 Å². The van der Waals surface area contributed by atoms with Crippen molar-refractivity contribution in [2.24, 2.45) is 5.73 Å². The van der Waals surface area contributed by atoms with E-state index in [9.17, 15) is 13.2 Å². The summed E-state index contributed by atoms with van der Waals surface area (Å²) in [5.41, 5.74) is 12.2. The SMILES string of the molecule is CC(CS(C)(=O)=O)Nc1cc(C(N)=O)ccc1N. The van der Waals surface area contributed by atoms with E-state index in [0.717, 1.165) is 6.26 Å². The largest absolute Gasteiger partial charge is 0.397 e. The molecule has 0 saturated carbocycles. The number of hydrogen-bond donors (Lipinski definition) is 3. The molecule has 0 fully saturated rings. The van der Waals surface area contributed by atoms with Crippen LogP contribution < -0.4 is 16.8 Å². The number of nitrogens with two attached hydrogens (primary N) is 2. The van der Waals surface area contributed by atoms with E-state index in [4.69, 9.17) is 11.5 Å². The summed E-state index contributed by atoms with van der Waals surface area (Å²) in [6, 6.07) is 4.27. The highest BCUT2D eigenvalue weighted by atomic mass is 32.2. The average Bonchev–Trinajstić information content (AvgIpc) is 2.18. The van der Waals surface area contributed by atoms with Crippen LogP contribution in [0.4, 0.5) is 11.4 Å². The van der Waals surface area contributed by atoms with Crippen molar-refractivity contribution in [3.05, 3.63) is 23.8 Å². The van der Waals surface area contributed by atoms with Crippen LogP contribution in [0.5, 0.6) is 0 Å². The molecule has 0 heterocycles. The molecule has 0 spiro atoms. The number of rotatable bonds is 5. The first-order chi connectivity index (χ1) is 8.19. The van der Waals surface area contributed by atoms with E-state index in [1.165, 1.54) is 12.1 Å². The molecular weight excluding hydrogens is 254 g/mol. The Morgan fingerprint density at radius 3 is 2.56 bits per heavy atom. The number of amides is 1. The van der Waals surface area contributed by atoms with Gasteiger partial charge in [-0.2, -0.15) is 0 Å². The Morgan fingerprint density at radius 1 is 1.44 bits per heavy atom. The second-order valence-electron chi connectivity index (χ2n) is 4.30. The lowest BCUT2D eigenvalue weighted by Gasteiger charge is -2.16. The third kappa shape index (κ3) is 4.25. The van der Waals surface area contributed by atoms with Crippen molar-refractivity contribution < 1.29 is 13.2 Å². The Hall–Kier alpha value is -1.76. The quantitative estimate of drug-likeness (QED) is 0.662. The molecule has 1 atom stereocenters. The molecule has 18 heavy (non-hydrogen) atoms. The van der Waals surface area contributed by atoms with Crippen LogP contribution in [0.15, 0.2) is 18.2 Å². The first kappa shape index (κ1) is 14.3. The highest BCUT2D eigenvalue weighted by Gasteiger charge is 2.12. The lowest BCUT2D eigenvalue weighted by atomic mass is 10.1. The van der Waals surface area contributed by atoms with Gasteiger partial charge in [0.15, 0.2) is 0 Å². The summed E-state index contributed by atoms with van der Waals surface area (Å²) in [5.74, 6) is -0.582. The molecule has 1 amide bonds. The van der Waals surface area contributed by atoms with Crippen LogP contribution in [-0.2, 0) is 9.84 Å². The topological polar surface area (TPSA) is 115 Å². The van der Waals surface area contributed by atoms with Crippen LogP contribution >= 0.6 is 0 Å². The molecule has 0 aliphatic heterocycles. The number of primary amides is 1. The maximum absolute atomic E-state index is 11.1. The monoisotopic (exact) mass is 271 g/mol. The van der Waals surface area contributed by atoms with Crippen molar-refractivity contribution in [2.75, 3.05) is 23.1 Å². The third-order valence-electron chi connectivity index (χ3n) is 2.29. The zero-order chi connectivity index (χ0) is 13.9. The summed E-state index contributed by atoms with van der Waals surface area (Å²) in [6.45, 7) is 1.72. The van der Waals surface area contributed by atoms with Gasteiger partial charge in [0, 0.05) is 17.9 Å². The molecular formula is C11H17N3O3S. The van der Waals surface area contributed by atoms with Crippen molar-refractivity contribution >= 4 is 27.1 Å². The van der Waals surface area contributed by atoms with Gasteiger partial charge in [-0.15, -0.1) is 0 Å². The fourth-order valence-corrected chi connectivity index (χ4v) is 2.59. The van der Waals surface area contributed by atoms with Crippen LogP contribution in [0.1, 0.15) is 17.3 Å². The number of anilines is 2. The molecule has 1 aromatic rings. The molecule has 0 aliphatic carbocycles. The molecule has 0 bridgehead atoms. The predicted octanol–water partition coefficient (Wildman–Crippen LogP) is 0.213. The second kappa shape index (κ2) is 5.26. The molecule has 0 saturated heterocycles. The maximum Gasteiger partial charge on any atom is 0.248 e. The van der Waals surface area contributed by atoms with Crippen molar-refractivity contribution in [2.45, 2.75) is 13.0 Å². The van der Waals surface area contributed by atoms with E-state index >= 15 is 0 Å². The molecule has 7 heteroatoms. The summed E-state index contributed by atoms with van der Waals surface area (Å²) in [6.07, 6.45) is 1.16. The summed E-state index contributed by atoms with van der Waals surface area (Å²) in [7, 11) is -3.08. The van der Waals surface area contributed by atoms with E-state index in [0.29, 0.717) is 16.9 Å². The Labute approximate surface area is 106 Å². The van der Waals surface area contributed by atoms with Crippen molar-refractivity contribution in [1.82, 2.24) is 0 Å². The van der Waals surface area contributed by atoms with Crippen LogP contribution in [0, 0.1) is 0 Å². The molecule has 100 valence electrons. The van der Waals surface area contributed by atoms with Crippen molar-refractivity contribution in [3.63, 3.8) is 0 Å². The standard InChI is InChI=1S/C11H17N3O3S/c1-7(6-18(2,16)17)14-10-5-8(11(13)15)3-4-9(10)12/h3-5,7,14H,6,12H2,1-2H3,(H2,13,15). The molecule has 6 nitrogen and oxygen atoms in total. The van der Waals surface area contributed by atoms with Gasteiger partial charge in [0.05, 0.1) is 17.1 Å². The summed E-state index contributed by atoms with van der Waals surface area (Å²) < 4.78 is 22.3. The van der Waals surface area contributed by atoms with E-state index < -0.39 is 15.7 Å². The van der Waals surface area contributed by atoms with Gasteiger partial charge in [-0.05, 0) is 25.1 Å². The van der Waals surface area contributed by atoms with Gasteiger partial charge >= 0.3 is 0 Å². The lowest BCUT2D eigenvalue weighted by molar-refractivity contribution is 0.100. The highest BCUT2D eigenvalue weighted by Crippen LogP contribution is 2.20. The number of carbonyl (C=O) groups excluding carboxylic acids is 1. The maximum atomic E-state index is 11.1. The first-order valence-electron chi connectivity index (χ1n) is 5.32. The zero-order valence-electron chi connectivity index (χ0n) is 10.3. The number of hydrogen-bond acceptors (Lipinski definition) is 5. The lowest BCUT2D eigenvalue weighted by Crippen LogP contribution is -2.25. The minimum absolute atomic E-state index is 0.0206. The predicted molar refractivity (Wildman–Crippen MR) is 72.2 cm³/mol. The number of carbonyl (C=O) groups is 1. The van der Waals surface area contributed by atoms with Crippen molar-refractivity contribution in [3.8, 4) is 0 Å². The Kier molecular flexibility index (Phi) is 4.18. The molecule has 0 radical (unpaired) electrons. The van der Waals surface area contributed by atoms with Gasteiger partial charge in [-0.1, -0.05) is 0 Å². The van der Waals surface area contributed by atoms with Crippen molar-refractivity contribution in [1.29, 1.82) is 0 Å². The summed E-state index contributed by atoms with van der Waals surface area (Å²) in [4.78, 5) is 11.0. The molecule has 1 unspecified atom stereocenters. The van der Waals surface area contributed by atoms with Gasteiger partial charge < -0.3 is 16.8 Å². The molecule has 0 aromatic heterocycles. The first-order valence-corrected chi connectivity index (χ1v) is 7.38. The van der Waals surface area contributed by atoms with E-state index in [1.54, 1.807) is 13.0 Å². The number of nitrogens with one attached hydrogen (secondary N) is 1. The van der Waals surface area contributed by atoms with Gasteiger partial charge in [0.2, 0.25) is 5.91 Å². The highest BCUT2D eigenvalue weighted by molar-refractivity contribution is 7.90. The van der Waals surface area contributed by atoms with Gasteiger partial charge in [-0.25, -0.2) is 8.42 Å². The van der Waals surface area contributed by atoms with Crippen LogP contribution in [0.25, 0.3) is 0 Å². The number of nitrogen functional groups attached to an aromatic ring is 1. The van der Waals surface area contributed by atoms with Gasteiger partial charge in [0.1, 0.15) is 9.84 Å². The van der Waals surface area contributed by atoms with E-state index in [-0.39, 0.29) is 11.8 Å². The summed E-state index contributed by atoms with van der Waals surface area (Å²) in [5, 5.41) is 2.95. The van der Waals surface area contributed by atoms with Crippen LogP contribution in [0.3, 0.4) is 0 Å². The fourth-order valence-electron chi connectivity index (χ4n) is 1.60. The summed E-state index contributed by atoms with van der Waals surface area (Å²) >= 11 is 0. The van der Waals surface area contributed by atoms with Gasteiger partial charge in [0.25, 0.3) is 0 Å². The van der Waals surface area contributed by atoms with Gasteiger partial charge in [-0.3, -0.25) is 4.79 Å². The van der Waals surface area contributed by atoms with E-state index in [1.807, 2.05) is 0 Å². The molecule has 1 rings (SSSR count). The second-order valence-corrected chi connectivity index (χ2v) is 6.49. The Balaban J connectivity index is 2.90. The zero-order valence-corrected chi connectivity index (χ0v) is 11.1. The Bertz CT molecular complexity index is 555. The smallest absolute Gasteiger partial charge is 0.248 e. The normalized spacial score (nSPS) is 13.0.